The molecule has 0 saturated carbocycles. The van der Waals surface area contributed by atoms with Crippen molar-refractivity contribution in [1.82, 2.24) is 0 Å². The van der Waals surface area contributed by atoms with Gasteiger partial charge in [0.2, 0.25) is 0 Å². The Kier molecular flexibility index (Phi) is 24.3. The molecule has 0 aromatic rings. The van der Waals surface area contributed by atoms with E-state index in [-0.39, 0.29) is 19.4 Å². The second-order valence-corrected chi connectivity index (χ2v) is 11.2. The Morgan fingerprint density at radius 2 is 1.18 bits per heavy atom. The first-order chi connectivity index (χ1) is 18.2. The Morgan fingerprint density at radius 1 is 0.684 bits per heavy atom. The van der Waals surface area contributed by atoms with E-state index in [0.29, 0.717) is 12.8 Å². The number of carbonyl (C=O) groups is 2. The van der Waals surface area contributed by atoms with Gasteiger partial charge in [-0.1, -0.05) is 97.3 Å². The summed E-state index contributed by atoms with van der Waals surface area (Å²) in [5, 5.41) is 18.0. The van der Waals surface area contributed by atoms with Gasteiger partial charge in [-0.15, -0.1) is 0 Å². The van der Waals surface area contributed by atoms with Crippen LogP contribution in [0.5, 0.6) is 0 Å². The average molecular weight is 569 g/mol. The van der Waals surface area contributed by atoms with E-state index in [2.05, 4.69) is 11.4 Å². The third-order valence-electron chi connectivity index (χ3n) is 5.98. The topological polar surface area (TPSA) is 149 Å². The van der Waals surface area contributed by atoms with Crippen LogP contribution in [0.3, 0.4) is 0 Å². The molecule has 0 saturated heterocycles. The number of carbonyl (C=O) groups excluding carboxylic acids is 2. The van der Waals surface area contributed by atoms with Crippen molar-refractivity contribution in [2.45, 2.75) is 135 Å². The van der Waals surface area contributed by atoms with Crippen LogP contribution in [0.15, 0.2) is 0 Å². The number of phosphoric ester groups is 1. The van der Waals surface area contributed by atoms with E-state index in [0.717, 1.165) is 19.3 Å². The molecule has 10 nitrogen and oxygen atoms in total. The lowest BCUT2D eigenvalue weighted by Crippen LogP contribution is -2.29. The van der Waals surface area contributed by atoms with Gasteiger partial charge >= 0.3 is 19.8 Å². The summed E-state index contributed by atoms with van der Waals surface area (Å²) in [4.78, 5) is 33.6. The molecule has 0 rings (SSSR count). The number of aliphatic hydroxyl groups is 2. The van der Waals surface area contributed by atoms with Crippen LogP contribution in [0, 0.1) is 0 Å². The number of aliphatic hydroxyl groups excluding tert-OH is 2. The van der Waals surface area contributed by atoms with Gasteiger partial charge in [-0.2, -0.15) is 0 Å². The standard InChI is InChI=1S/C27H53O10P/c1-3-5-6-7-8-9-10-11-12-13-14-15-16-17-19-26(30)34-22-25(37-27(31)18-4-2)23-36-38(32,33)35-21-24(29)20-28/h24-25,28-29H,3-23H2,1-2H3,(H,32,33)/t24-,25+/m0/s1. The summed E-state index contributed by atoms with van der Waals surface area (Å²) >= 11 is 0. The summed E-state index contributed by atoms with van der Waals surface area (Å²) in [5.41, 5.74) is 0. The van der Waals surface area contributed by atoms with Crippen LogP contribution in [-0.4, -0.2) is 65.7 Å². The zero-order valence-electron chi connectivity index (χ0n) is 23.7. The molecule has 1 unspecified atom stereocenters. The maximum absolute atomic E-state index is 12.1. The molecule has 0 aliphatic rings. The van der Waals surface area contributed by atoms with Crippen LogP contribution < -0.4 is 0 Å². The molecule has 0 fully saturated rings. The molecule has 11 heteroatoms. The minimum atomic E-state index is -4.57. The molecule has 226 valence electrons. The monoisotopic (exact) mass is 568 g/mol. The molecule has 0 aromatic carbocycles. The van der Waals surface area contributed by atoms with Crippen molar-refractivity contribution < 1.29 is 47.8 Å². The Morgan fingerprint density at radius 3 is 1.68 bits per heavy atom. The molecule has 0 aliphatic heterocycles. The van der Waals surface area contributed by atoms with Gasteiger partial charge in [-0.25, -0.2) is 4.57 Å². The molecule has 0 aromatic heterocycles. The summed E-state index contributed by atoms with van der Waals surface area (Å²) < 4.78 is 31.7. The molecule has 0 radical (unpaired) electrons. The van der Waals surface area contributed by atoms with Gasteiger partial charge in [0, 0.05) is 12.8 Å². The van der Waals surface area contributed by atoms with Crippen molar-refractivity contribution in [3.8, 4) is 0 Å². The molecule has 3 N–H and O–H groups in total. The van der Waals surface area contributed by atoms with E-state index >= 15 is 0 Å². The van der Waals surface area contributed by atoms with Crippen molar-refractivity contribution in [3.05, 3.63) is 0 Å². The fraction of sp³-hybridized carbons (Fsp3) is 0.926. The fourth-order valence-electron chi connectivity index (χ4n) is 3.73. The number of hydrogen-bond acceptors (Lipinski definition) is 9. The molecular weight excluding hydrogens is 515 g/mol. The minimum absolute atomic E-state index is 0.138. The van der Waals surface area contributed by atoms with Crippen LogP contribution in [0.1, 0.15) is 123 Å². The van der Waals surface area contributed by atoms with E-state index < -0.39 is 51.8 Å². The number of esters is 2. The number of phosphoric acid groups is 1. The highest BCUT2D eigenvalue weighted by Crippen LogP contribution is 2.43. The van der Waals surface area contributed by atoms with E-state index in [1.807, 2.05) is 0 Å². The highest BCUT2D eigenvalue weighted by atomic mass is 31.2. The molecule has 3 atom stereocenters. The molecule has 0 bridgehead atoms. The Bertz CT molecular complexity index is 631. The Balaban J connectivity index is 4.06. The van der Waals surface area contributed by atoms with Gasteiger partial charge in [-0.05, 0) is 12.8 Å². The smallest absolute Gasteiger partial charge is 0.462 e. The number of ether oxygens (including phenoxy) is 2. The van der Waals surface area contributed by atoms with Gasteiger partial charge in [0.1, 0.15) is 12.7 Å². The van der Waals surface area contributed by atoms with Crippen LogP contribution in [-0.2, 0) is 32.7 Å². The molecular formula is C27H53O10P. The first-order valence-electron chi connectivity index (χ1n) is 14.5. The second-order valence-electron chi connectivity index (χ2n) is 9.79. The summed E-state index contributed by atoms with van der Waals surface area (Å²) in [5.74, 6) is -0.983. The number of unbranched alkanes of at least 4 members (excludes halogenated alkanes) is 13. The predicted molar refractivity (Wildman–Crippen MR) is 145 cm³/mol. The largest absolute Gasteiger partial charge is 0.472 e. The quantitative estimate of drug-likeness (QED) is 0.0649. The highest BCUT2D eigenvalue weighted by molar-refractivity contribution is 7.47. The summed E-state index contributed by atoms with van der Waals surface area (Å²) in [6, 6.07) is 0. The lowest BCUT2D eigenvalue weighted by molar-refractivity contribution is -0.161. The SMILES string of the molecule is CCCCCCCCCCCCCCCCC(=O)OC[C@H](COP(=O)(O)OC[C@@H](O)CO)OC(=O)CCC. The fourth-order valence-corrected chi connectivity index (χ4v) is 4.52. The normalized spacial score (nSPS) is 14.6. The predicted octanol–water partition coefficient (Wildman–Crippen LogP) is 5.60. The third-order valence-corrected chi connectivity index (χ3v) is 6.93. The minimum Gasteiger partial charge on any atom is -0.462 e. The maximum Gasteiger partial charge on any atom is 0.472 e. The average Bonchev–Trinajstić information content (AvgIpc) is 2.89. The second kappa shape index (κ2) is 25.0. The van der Waals surface area contributed by atoms with E-state index in [4.69, 9.17) is 19.1 Å². The Hall–Kier alpha value is -1.03. The number of hydrogen-bond donors (Lipinski definition) is 3. The van der Waals surface area contributed by atoms with E-state index in [1.54, 1.807) is 6.92 Å². The van der Waals surface area contributed by atoms with Gasteiger partial charge in [0.25, 0.3) is 0 Å². The lowest BCUT2D eigenvalue weighted by atomic mass is 10.0. The number of rotatable bonds is 27. The lowest BCUT2D eigenvalue weighted by Gasteiger charge is -2.20. The van der Waals surface area contributed by atoms with Gasteiger partial charge < -0.3 is 24.6 Å². The summed E-state index contributed by atoms with van der Waals surface area (Å²) in [7, 11) is -4.57. The van der Waals surface area contributed by atoms with E-state index in [1.165, 1.54) is 64.2 Å². The van der Waals surface area contributed by atoms with Crippen molar-refractivity contribution >= 4 is 19.8 Å². The first-order valence-corrected chi connectivity index (χ1v) is 16.0. The maximum atomic E-state index is 12.1. The zero-order valence-corrected chi connectivity index (χ0v) is 24.5. The van der Waals surface area contributed by atoms with Crippen molar-refractivity contribution in [3.63, 3.8) is 0 Å². The zero-order chi connectivity index (χ0) is 28.5. The summed E-state index contributed by atoms with van der Waals surface area (Å²) in [6.45, 7) is 1.93. The Labute approximate surface area is 229 Å². The molecule has 0 aliphatic carbocycles. The van der Waals surface area contributed by atoms with E-state index in [9.17, 15) is 24.2 Å². The van der Waals surface area contributed by atoms with Crippen LogP contribution in [0.25, 0.3) is 0 Å². The van der Waals surface area contributed by atoms with Gasteiger partial charge in [-0.3, -0.25) is 18.6 Å². The van der Waals surface area contributed by atoms with Crippen LogP contribution in [0.2, 0.25) is 0 Å². The van der Waals surface area contributed by atoms with Crippen LogP contribution >= 0.6 is 7.82 Å². The van der Waals surface area contributed by atoms with Crippen LogP contribution in [0.4, 0.5) is 0 Å². The van der Waals surface area contributed by atoms with Crippen molar-refractivity contribution in [1.29, 1.82) is 0 Å². The van der Waals surface area contributed by atoms with Crippen molar-refractivity contribution in [2.75, 3.05) is 26.4 Å². The van der Waals surface area contributed by atoms with Gasteiger partial charge in [0.15, 0.2) is 6.10 Å². The first kappa shape index (κ1) is 37.0. The van der Waals surface area contributed by atoms with Gasteiger partial charge in [0.05, 0.1) is 19.8 Å². The summed E-state index contributed by atoms with van der Waals surface area (Å²) in [6.07, 6.45) is 15.6. The molecule has 0 amide bonds. The molecule has 38 heavy (non-hydrogen) atoms. The van der Waals surface area contributed by atoms with Crippen molar-refractivity contribution in [2.24, 2.45) is 0 Å². The molecule has 0 heterocycles. The molecule has 0 spiro atoms. The highest BCUT2D eigenvalue weighted by Gasteiger charge is 2.27. The third kappa shape index (κ3) is 24.0.